The monoisotopic (exact) mass is 276 g/mol. The number of pyridine rings is 1. The minimum atomic E-state index is -0.434. The molecular formula is C16H24N2O2. The first kappa shape index (κ1) is 14.8. The number of nitrogens with zero attached hydrogens (tertiary/aromatic N) is 2. The topological polar surface area (TPSA) is 42.4 Å². The van der Waals surface area contributed by atoms with Gasteiger partial charge in [-0.25, -0.2) is 4.79 Å². The van der Waals surface area contributed by atoms with E-state index in [0.717, 1.165) is 25.9 Å². The van der Waals surface area contributed by atoms with Gasteiger partial charge < -0.3 is 9.64 Å². The Hall–Kier alpha value is -1.58. The minimum Gasteiger partial charge on any atom is -0.444 e. The number of piperidine rings is 1. The fourth-order valence-electron chi connectivity index (χ4n) is 2.67. The summed E-state index contributed by atoms with van der Waals surface area (Å²) in [6, 6.07) is 2.07. The van der Waals surface area contributed by atoms with Gasteiger partial charge in [-0.3, -0.25) is 4.98 Å². The highest BCUT2D eigenvalue weighted by Crippen LogP contribution is 2.29. The number of carbonyl (C=O) groups excluding carboxylic acids is 1. The molecule has 1 unspecified atom stereocenters. The summed E-state index contributed by atoms with van der Waals surface area (Å²) in [6.07, 6.45) is 5.65. The van der Waals surface area contributed by atoms with Gasteiger partial charge in [0.1, 0.15) is 5.60 Å². The maximum atomic E-state index is 12.2. The summed E-state index contributed by atoms with van der Waals surface area (Å²) in [7, 11) is 0. The SMILES string of the molecule is Cc1cnccc1C1CCCN(C(=O)OC(C)(C)C)C1. The fraction of sp³-hybridized carbons (Fsp3) is 0.625. The zero-order chi connectivity index (χ0) is 14.8. The van der Waals surface area contributed by atoms with Gasteiger partial charge in [0, 0.05) is 31.4 Å². The van der Waals surface area contributed by atoms with Crippen molar-refractivity contribution in [3.05, 3.63) is 29.6 Å². The molecule has 0 saturated carbocycles. The average molecular weight is 276 g/mol. The number of ether oxygens (including phenoxy) is 1. The molecule has 1 fully saturated rings. The van der Waals surface area contributed by atoms with E-state index in [9.17, 15) is 4.79 Å². The first-order chi connectivity index (χ1) is 9.37. The normalized spacial score (nSPS) is 19.8. The molecule has 110 valence electrons. The number of carbonyl (C=O) groups is 1. The lowest BCUT2D eigenvalue weighted by Crippen LogP contribution is -2.42. The second-order valence-corrected chi connectivity index (χ2v) is 6.50. The summed E-state index contributed by atoms with van der Waals surface area (Å²) < 4.78 is 5.47. The average Bonchev–Trinajstić information content (AvgIpc) is 2.37. The van der Waals surface area contributed by atoms with E-state index in [4.69, 9.17) is 4.74 Å². The van der Waals surface area contributed by atoms with Crippen LogP contribution in [0.15, 0.2) is 18.5 Å². The van der Waals surface area contributed by atoms with Gasteiger partial charge >= 0.3 is 6.09 Å². The van der Waals surface area contributed by atoms with Crippen LogP contribution in [0.25, 0.3) is 0 Å². The van der Waals surface area contributed by atoms with E-state index in [1.807, 2.05) is 38.1 Å². The van der Waals surface area contributed by atoms with E-state index in [1.165, 1.54) is 11.1 Å². The lowest BCUT2D eigenvalue weighted by Gasteiger charge is -2.34. The summed E-state index contributed by atoms with van der Waals surface area (Å²) in [5.74, 6) is 0.388. The molecule has 0 spiro atoms. The van der Waals surface area contributed by atoms with Crippen LogP contribution in [0, 0.1) is 6.92 Å². The van der Waals surface area contributed by atoms with Gasteiger partial charge in [0.15, 0.2) is 0 Å². The van der Waals surface area contributed by atoms with Crippen LogP contribution in [0.2, 0.25) is 0 Å². The van der Waals surface area contributed by atoms with E-state index in [1.54, 1.807) is 0 Å². The predicted octanol–water partition coefficient (Wildman–Crippen LogP) is 3.50. The molecule has 2 heterocycles. The largest absolute Gasteiger partial charge is 0.444 e. The molecule has 1 amide bonds. The van der Waals surface area contributed by atoms with Crippen LogP contribution in [-0.2, 0) is 4.74 Å². The molecular weight excluding hydrogens is 252 g/mol. The zero-order valence-electron chi connectivity index (χ0n) is 12.8. The van der Waals surface area contributed by atoms with Crippen molar-refractivity contribution in [2.24, 2.45) is 0 Å². The second kappa shape index (κ2) is 5.81. The van der Waals surface area contributed by atoms with Gasteiger partial charge in [-0.1, -0.05) is 0 Å². The molecule has 0 radical (unpaired) electrons. The number of hydrogen-bond donors (Lipinski definition) is 0. The van der Waals surface area contributed by atoms with Gasteiger partial charge in [-0.15, -0.1) is 0 Å². The third-order valence-electron chi connectivity index (χ3n) is 3.58. The molecule has 4 heteroatoms. The Balaban J connectivity index is 2.06. The second-order valence-electron chi connectivity index (χ2n) is 6.50. The van der Waals surface area contributed by atoms with Gasteiger partial charge in [0.25, 0.3) is 0 Å². The van der Waals surface area contributed by atoms with Crippen LogP contribution in [0.3, 0.4) is 0 Å². The van der Waals surface area contributed by atoms with Crippen LogP contribution >= 0.6 is 0 Å². The quantitative estimate of drug-likeness (QED) is 0.788. The molecule has 0 N–H and O–H groups in total. The van der Waals surface area contributed by atoms with E-state index < -0.39 is 5.60 Å². The van der Waals surface area contributed by atoms with Gasteiger partial charge in [-0.05, 0) is 57.7 Å². The number of likely N-dealkylation sites (tertiary alicyclic amines) is 1. The summed E-state index contributed by atoms with van der Waals surface area (Å²) in [5, 5.41) is 0. The highest BCUT2D eigenvalue weighted by molar-refractivity contribution is 5.68. The summed E-state index contributed by atoms with van der Waals surface area (Å²) in [4.78, 5) is 18.1. The van der Waals surface area contributed by atoms with Crippen LogP contribution in [0.5, 0.6) is 0 Å². The number of aromatic nitrogens is 1. The highest BCUT2D eigenvalue weighted by atomic mass is 16.6. The Labute approximate surface area is 121 Å². The van der Waals surface area contributed by atoms with Crippen molar-refractivity contribution in [3.8, 4) is 0 Å². The van der Waals surface area contributed by atoms with Crippen molar-refractivity contribution < 1.29 is 9.53 Å². The van der Waals surface area contributed by atoms with E-state index >= 15 is 0 Å². The van der Waals surface area contributed by atoms with E-state index in [2.05, 4.69) is 18.0 Å². The Morgan fingerprint density at radius 3 is 2.85 bits per heavy atom. The van der Waals surface area contributed by atoms with Crippen molar-refractivity contribution >= 4 is 6.09 Å². The molecule has 1 aliphatic rings. The Morgan fingerprint density at radius 1 is 1.45 bits per heavy atom. The molecule has 0 aromatic carbocycles. The lowest BCUT2D eigenvalue weighted by molar-refractivity contribution is 0.0198. The smallest absolute Gasteiger partial charge is 0.410 e. The molecule has 1 aliphatic heterocycles. The molecule has 1 saturated heterocycles. The van der Waals surface area contributed by atoms with Crippen LogP contribution in [0.4, 0.5) is 4.79 Å². The highest BCUT2D eigenvalue weighted by Gasteiger charge is 2.28. The third-order valence-corrected chi connectivity index (χ3v) is 3.58. The molecule has 0 bridgehead atoms. The third kappa shape index (κ3) is 3.71. The van der Waals surface area contributed by atoms with Gasteiger partial charge in [-0.2, -0.15) is 0 Å². The zero-order valence-corrected chi connectivity index (χ0v) is 12.8. The molecule has 1 aromatic rings. The van der Waals surface area contributed by atoms with Crippen LogP contribution in [0.1, 0.15) is 50.7 Å². The molecule has 0 aliphatic carbocycles. The van der Waals surface area contributed by atoms with Crippen molar-refractivity contribution in [2.75, 3.05) is 13.1 Å². The van der Waals surface area contributed by atoms with Gasteiger partial charge in [0.05, 0.1) is 0 Å². The Morgan fingerprint density at radius 2 is 2.20 bits per heavy atom. The van der Waals surface area contributed by atoms with Gasteiger partial charge in [0.2, 0.25) is 0 Å². The van der Waals surface area contributed by atoms with Crippen LogP contribution in [-0.4, -0.2) is 34.7 Å². The number of hydrogen-bond acceptors (Lipinski definition) is 3. The van der Waals surface area contributed by atoms with Crippen molar-refractivity contribution in [3.63, 3.8) is 0 Å². The summed E-state index contributed by atoms with van der Waals surface area (Å²) >= 11 is 0. The first-order valence-electron chi connectivity index (χ1n) is 7.25. The van der Waals surface area contributed by atoms with E-state index in [0.29, 0.717) is 5.92 Å². The maximum Gasteiger partial charge on any atom is 0.410 e. The maximum absolute atomic E-state index is 12.2. The number of rotatable bonds is 1. The molecule has 1 aromatic heterocycles. The molecule has 2 rings (SSSR count). The van der Waals surface area contributed by atoms with E-state index in [-0.39, 0.29) is 6.09 Å². The van der Waals surface area contributed by atoms with Crippen LogP contribution < -0.4 is 0 Å². The minimum absolute atomic E-state index is 0.200. The van der Waals surface area contributed by atoms with Crippen molar-refractivity contribution in [1.29, 1.82) is 0 Å². The molecule has 20 heavy (non-hydrogen) atoms. The fourth-order valence-corrected chi connectivity index (χ4v) is 2.67. The number of aryl methyl sites for hydroxylation is 1. The summed E-state index contributed by atoms with van der Waals surface area (Å²) in [6.45, 7) is 9.31. The Kier molecular flexibility index (Phi) is 4.31. The lowest BCUT2D eigenvalue weighted by atomic mass is 9.89. The Bertz CT molecular complexity index is 480. The van der Waals surface area contributed by atoms with Crippen molar-refractivity contribution in [1.82, 2.24) is 9.88 Å². The number of amides is 1. The standard InChI is InChI=1S/C16H24N2O2/c1-12-10-17-8-7-14(12)13-6-5-9-18(11-13)15(19)20-16(2,3)4/h7-8,10,13H,5-6,9,11H2,1-4H3. The molecule has 4 nitrogen and oxygen atoms in total. The first-order valence-corrected chi connectivity index (χ1v) is 7.25. The van der Waals surface area contributed by atoms with Crippen molar-refractivity contribution in [2.45, 2.75) is 52.1 Å². The summed E-state index contributed by atoms with van der Waals surface area (Å²) in [5.41, 5.74) is 2.06. The molecule has 1 atom stereocenters. The predicted molar refractivity (Wildman–Crippen MR) is 78.8 cm³/mol.